The number of rotatable bonds is 4. The Hall–Kier alpha value is -1.99. The lowest BCUT2D eigenvalue weighted by Gasteiger charge is -2.35. The van der Waals surface area contributed by atoms with Crippen molar-refractivity contribution in [3.05, 3.63) is 54.0 Å². The third kappa shape index (κ3) is 3.91. The molecule has 128 valence electrons. The molecule has 1 aliphatic heterocycles. The van der Waals surface area contributed by atoms with E-state index in [9.17, 15) is 12.8 Å². The van der Waals surface area contributed by atoms with Crippen molar-refractivity contribution in [1.29, 1.82) is 0 Å². The van der Waals surface area contributed by atoms with Gasteiger partial charge in [-0.15, -0.1) is 0 Å². The van der Waals surface area contributed by atoms with Crippen molar-refractivity contribution in [2.75, 3.05) is 37.3 Å². The Morgan fingerprint density at radius 2 is 1.75 bits per heavy atom. The number of aromatic nitrogens is 1. The zero-order valence-corrected chi connectivity index (χ0v) is 14.3. The maximum atomic E-state index is 13.8. The third-order valence-corrected chi connectivity index (χ3v) is 5.30. The average Bonchev–Trinajstić information content (AvgIpc) is 2.56. The van der Waals surface area contributed by atoms with Gasteiger partial charge in [0.05, 0.1) is 4.90 Å². The Bertz CT molecular complexity index is 801. The highest BCUT2D eigenvalue weighted by molar-refractivity contribution is 7.90. The number of hydrogen-bond donors (Lipinski definition) is 0. The van der Waals surface area contributed by atoms with Crippen LogP contribution in [0, 0.1) is 5.82 Å². The van der Waals surface area contributed by atoms with Crippen LogP contribution in [0.15, 0.2) is 47.5 Å². The summed E-state index contributed by atoms with van der Waals surface area (Å²) in [6.45, 7) is 3.81. The van der Waals surface area contributed by atoms with Crippen LogP contribution < -0.4 is 4.90 Å². The molecule has 0 amide bonds. The second-order valence-electron chi connectivity index (χ2n) is 5.99. The van der Waals surface area contributed by atoms with E-state index in [0.29, 0.717) is 10.7 Å². The first kappa shape index (κ1) is 16.9. The van der Waals surface area contributed by atoms with Gasteiger partial charge in [-0.2, -0.15) is 0 Å². The highest BCUT2D eigenvalue weighted by Crippen LogP contribution is 2.18. The molecule has 0 bridgehead atoms. The second kappa shape index (κ2) is 6.86. The monoisotopic (exact) mass is 349 g/mol. The number of pyridine rings is 1. The van der Waals surface area contributed by atoms with Crippen LogP contribution in [0.1, 0.15) is 5.56 Å². The van der Waals surface area contributed by atoms with E-state index in [1.807, 2.05) is 17.0 Å². The van der Waals surface area contributed by atoms with E-state index in [1.54, 1.807) is 24.4 Å². The van der Waals surface area contributed by atoms with E-state index >= 15 is 0 Å². The van der Waals surface area contributed by atoms with Crippen LogP contribution in [-0.4, -0.2) is 50.7 Å². The number of sulfone groups is 1. The van der Waals surface area contributed by atoms with Crippen LogP contribution >= 0.6 is 0 Å². The average molecular weight is 349 g/mol. The fraction of sp³-hybridized carbons (Fsp3) is 0.353. The summed E-state index contributed by atoms with van der Waals surface area (Å²) >= 11 is 0. The lowest BCUT2D eigenvalue weighted by Crippen LogP contribution is -2.46. The highest BCUT2D eigenvalue weighted by atomic mass is 32.2. The molecule has 0 saturated carbocycles. The molecule has 2 aromatic rings. The Balaban J connectivity index is 1.59. The molecule has 0 atom stereocenters. The maximum absolute atomic E-state index is 13.8. The SMILES string of the molecule is CS(=O)(=O)c1ccc(CN2CCN(c3ncccc3F)CC2)cc1. The highest BCUT2D eigenvalue weighted by Gasteiger charge is 2.20. The van der Waals surface area contributed by atoms with E-state index in [0.717, 1.165) is 38.3 Å². The van der Waals surface area contributed by atoms with Gasteiger partial charge in [-0.3, -0.25) is 4.90 Å². The van der Waals surface area contributed by atoms with Crippen molar-refractivity contribution >= 4 is 15.7 Å². The fourth-order valence-electron chi connectivity index (χ4n) is 2.83. The minimum Gasteiger partial charge on any atom is -0.352 e. The molecular weight excluding hydrogens is 329 g/mol. The van der Waals surface area contributed by atoms with E-state index < -0.39 is 9.84 Å². The number of nitrogens with zero attached hydrogens (tertiary/aromatic N) is 3. The summed E-state index contributed by atoms with van der Waals surface area (Å²) in [5.41, 5.74) is 1.07. The van der Waals surface area contributed by atoms with Crippen LogP contribution in [0.3, 0.4) is 0 Å². The summed E-state index contributed by atoms with van der Waals surface area (Å²) < 4.78 is 36.7. The summed E-state index contributed by atoms with van der Waals surface area (Å²) in [4.78, 5) is 8.68. The predicted molar refractivity (Wildman–Crippen MR) is 91.2 cm³/mol. The van der Waals surface area contributed by atoms with Crippen molar-refractivity contribution < 1.29 is 12.8 Å². The van der Waals surface area contributed by atoms with Crippen LogP contribution in [0.4, 0.5) is 10.2 Å². The minimum absolute atomic E-state index is 0.290. The molecule has 0 aliphatic carbocycles. The topological polar surface area (TPSA) is 53.5 Å². The molecule has 0 N–H and O–H groups in total. The predicted octanol–water partition coefficient (Wildman–Crippen LogP) is 1.95. The quantitative estimate of drug-likeness (QED) is 0.844. The summed E-state index contributed by atoms with van der Waals surface area (Å²) in [5, 5.41) is 0. The molecule has 24 heavy (non-hydrogen) atoms. The first-order valence-corrected chi connectivity index (χ1v) is 9.69. The van der Waals surface area contributed by atoms with Gasteiger partial charge in [-0.1, -0.05) is 12.1 Å². The van der Waals surface area contributed by atoms with E-state index in [1.165, 1.54) is 12.3 Å². The summed E-state index contributed by atoms with van der Waals surface area (Å²) in [6.07, 6.45) is 2.81. The van der Waals surface area contributed by atoms with Crippen LogP contribution in [0.5, 0.6) is 0 Å². The Morgan fingerprint density at radius 1 is 1.08 bits per heavy atom. The smallest absolute Gasteiger partial charge is 0.175 e. The molecule has 0 unspecified atom stereocenters. The van der Waals surface area contributed by atoms with E-state index in [-0.39, 0.29) is 5.82 Å². The van der Waals surface area contributed by atoms with Crippen molar-refractivity contribution in [1.82, 2.24) is 9.88 Å². The first-order valence-electron chi connectivity index (χ1n) is 7.80. The van der Waals surface area contributed by atoms with Gasteiger partial charge in [0, 0.05) is 45.2 Å². The minimum atomic E-state index is -3.16. The van der Waals surface area contributed by atoms with Gasteiger partial charge in [-0.05, 0) is 29.8 Å². The maximum Gasteiger partial charge on any atom is 0.175 e. The van der Waals surface area contributed by atoms with Gasteiger partial charge in [0.2, 0.25) is 0 Å². The van der Waals surface area contributed by atoms with Gasteiger partial charge in [0.1, 0.15) is 0 Å². The van der Waals surface area contributed by atoms with Gasteiger partial charge < -0.3 is 4.90 Å². The number of halogens is 1. The zero-order chi connectivity index (χ0) is 17.2. The molecule has 1 fully saturated rings. The third-order valence-electron chi connectivity index (χ3n) is 4.17. The van der Waals surface area contributed by atoms with Gasteiger partial charge in [0.25, 0.3) is 0 Å². The number of piperazine rings is 1. The molecule has 5 nitrogen and oxygen atoms in total. The van der Waals surface area contributed by atoms with Crippen LogP contribution in [-0.2, 0) is 16.4 Å². The van der Waals surface area contributed by atoms with Crippen molar-refractivity contribution in [2.24, 2.45) is 0 Å². The normalized spacial score (nSPS) is 16.3. The molecule has 0 spiro atoms. The zero-order valence-electron chi connectivity index (χ0n) is 13.5. The van der Waals surface area contributed by atoms with E-state index in [2.05, 4.69) is 9.88 Å². The number of hydrogen-bond acceptors (Lipinski definition) is 5. The number of benzene rings is 1. The molecule has 1 aromatic heterocycles. The van der Waals surface area contributed by atoms with Gasteiger partial charge in [-0.25, -0.2) is 17.8 Å². The largest absolute Gasteiger partial charge is 0.352 e. The Kier molecular flexibility index (Phi) is 4.82. The Morgan fingerprint density at radius 3 is 2.33 bits per heavy atom. The summed E-state index contributed by atoms with van der Waals surface area (Å²) in [5.74, 6) is 0.122. The summed E-state index contributed by atoms with van der Waals surface area (Å²) in [6, 6.07) is 10.0. The molecule has 7 heteroatoms. The number of anilines is 1. The second-order valence-corrected chi connectivity index (χ2v) is 8.00. The van der Waals surface area contributed by atoms with Gasteiger partial charge in [0.15, 0.2) is 21.5 Å². The molecule has 1 saturated heterocycles. The molecule has 2 heterocycles. The van der Waals surface area contributed by atoms with Gasteiger partial charge >= 0.3 is 0 Å². The lowest BCUT2D eigenvalue weighted by molar-refractivity contribution is 0.248. The van der Waals surface area contributed by atoms with Crippen molar-refractivity contribution in [3.63, 3.8) is 0 Å². The first-order chi connectivity index (χ1) is 11.4. The molecule has 0 radical (unpaired) electrons. The van der Waals surface area contributed by atoms with Crippen molar-refractivity contribution in [2.45, 2.75) is 11.4 Å². The van der Waals surface area contributed by atoms with Crippen LogP contribution in [0.25, 0.3) is 0 Å². The van der Waals surface area contributed by atoms with Crippen molar-refractivity contribution in [3.8, 4) is 0 Å². The molecule has 3 rings (SSSR count). The Labute approximate surface area is 141 Å². The molecule has 1 aromatic carbocycles. The molecular formula is C17H20FN3O2S. The van der Waals surface area contributed by atoms with Crippen LogP contribution in [0.2, 0.25) is 0 Å². The molecule has 1 aliphatic rings. The fourth-order valence-corrected chi connectivity index (χ4v) is 3.46. The van der Waals surface area contributed by atoms with E-state index in [4.69, 9.17) is 0 Å². The standard InChI is InChI=1S/C17H20FN3O2S/c1-24(22,23)15-6-4-14(5-7-15)13-20-9-11-21(12-10-20)17-16(18)3-2-8-19-17/h2-8H,9-13H2,1H3. The summed E-state index contributed by atoms with van der Waals surface area (Å²) in [7, 11) is -3.16. The lowest BCUT2D eigenvalue weighted by atomic mass is 10.2.